The lowest BCUT2D eigenvalue weighted by atomic mass is 9.94. The van der Waals surface area contributed by atoms with E-state index in [4.69, 9.17) is 0 Å². The molecular formula is C9H15F3N2O. The number of hydrogen-bond acceptors (Lipinski definition) is 2. The molecule has 1 saturated heterocycles. The van der Waals surface area contributed by atoms with Crippen molar-refractivity contribution in [2.75, 3.05) is 13.1 Å². The van der Waals surface area contributed by atoms with Crippen molar-refractivity contribution in [2.24, 2.45) is 5.92 Å². The van der Waals surface area contributed by atoms with Crippen LogP contribution in [0, 0.1) is 5.92 Å². The lowest BCUT2D eigenvalue weighted by Crippen LogP contribution is -2.50. The average Bonchev–Trinajstić information content (AvgIpc) is 2.13. The molecule has 0 aromatic carbocycles. The molecule has 88 valence electrons. The van der Waals surface area contributed by atoms with Crippen molar-refractivity contribution in [3.8, 4) is 0 Å². The van der Waals surface area contributed by atoms with Crippen LogP contribution in [0.25, 0.3) is 0 Å². The molecule has 0 radical (unpaired) electrons. The van der Waals surface area contributed by atoms with Crippen molar-refractivity contribution in [3.63, 3.8) is 0 Å². The predicted octanol–water partition coefficient (Wildman–Crippen LogP) is 1.05. The first-order chi connectivity index (χ1) is 6.88. The highest BCUT2D eigenvalue weighted by molar-refractivity contribution is 5.81. The molecule has 1 rings (SSSR count). The molecule has 15 heavy (non-hydrogen) atoms. The summed E-state index contributed by atoms with van der Waals surface area (Å²) in [6.45, 7) is 1.43. The quantitative estimate of drug-likeness (QED) is 0.736. The molecule has 0 saturated carbocycles. The van der Waals surface area contributed by atoms with E-state index < -0.39 is 24.7 Å². The van der Waals surface area contributed by atoms with Gasteiger partial charge in [0.2, 0.25) is 5.91 Å². The fourth-order valence-electron chi connectivity index (χ4n) is 1.62. The summed E-state index contributed by atoms with van der Waals surface area (Å²) in [5.74, 6) is -0.174. The average molecular weight is 224 g/mol. The third-order valence-electron chi connectivity index (χ3n) is 2.45. The zero-order valence-corrected chi connectivity index (χ0v) is 8.53. The maximum Gasteiger partial charge on any atom is 0.405 e. The van der Waals surface area contributed by atoms with Gasteiger partial charge in [-0.1, -0.05) is 6.92 Å². The Morgan fingerprint density at radius 1 is 1.53 bits per heavy atom. The molecule has 1 aliphatic rings. The molecule has 1 fully saturated rings. The highest BCUT2D eigenvalue weighted by atomic mass is 19.4. The van der Waals surface area contributed by atoms with Crippen molar-refractivity contribution in [3.05, 3.63) is 0 Å². The summed E-state index contributed by atoms with van der Waals surface area (Å²) in [6.07, 6.45) is -2.78. The van der Waals surface area contributed by atoms with Crippen LogP contribution < -0.4 is 10.6 Å². The Kier molecular flexibility index (Phi) is 3.96. The smallest absolute Gasteiger partial charge is 0.346 e. The Labute approximate surface area is 86.4 Å². The van der Waals surface area contributed by atoms with Crippen molar-refractivity contribution < 1.29 is 18.0 Å². The van der Waals surface area contributed by atoms with E-state index in [2.05, 4.69) is 5.32 Å². The zero-order valence-electron chi connectivity index (χ0n) is 8.53. The molecule has 1 amide bonds. The van der Waals surface area contributed by atoms with Crippen LogP contribution in [0.15, 0.2) is 0 Å². The second kappa shape index (κ2) is 4.83. The Bertz CT molecular complexity index is 230. The molecule has 0 spiro atoms. The Morgan fingerprint density at radius 3 is 2.73 bits per heavy atom. The third kappa shape index (κ3) is 4.51. The van der Waals surface area contributed by atoms with Gasteiger partial charge in [-0.15, -0.1) is 0 Å². The molecule has 6 heteroatoms. The van der Waals surface area contributed by atoms with E-state index in [0.29, 0.717) is 18.9 Å². The van der Waals surface area contributed by atoms with Crippen LogP contribution in [0.4, 0.5) is 13.2 Å². The number of amides is 1. The van der Waals surface area contributed by atoms with Gasteiger partial charge in [-0.25, -0.2) is 0 Å². The number of carbonyl (C=O) groups excluding carboxylic acids is 1. The van der Waals surface area contributed by atoms with Gasteiger partial charge in [0.05, 0.1) is 6.04 Å². The van der Waals surface area contributed by atoms with Gasteiger partial charge in [-0.3, -0.25) is 4.79 Å². The van der Waals surface area contributed by atoms with Gasteiger partial charge in [0, 0.05) is 0 Å². The largest absolute Gasteiger partial charge is 0.405 e. The number of alkyl halides is 3. The van der Waals surface area contributed by atoms with E-state index in [0.717, 1.165) is 6.42 Å². The van der Waals surface area contributed by atoms with Crippen molar-refractivity contribution in [1.29, 1.82) is 0 Å². The normalized spacial score (nSPS) is 27.5. The van der Waals surface area contributed by atoms with E-state index in [9.17, 15) is 18.0 Å². The fourth-order valence-corrected chi connectivity index (χ4v) is 1.62. The van der Waals surface area contributed by atoms with E-state index in [1.165, 1.54) is 0 Å². The van der Waals surface area contributed by atoms with E-state index in [1.54, 1.807) is 0 Å². The van der Waals surface area contributed by atoms with Crippen LogP contribution in [-0.2, 0) is 4.79 Å². The zero-order chi connectivity index (χ0) is 11.5. The van der Waals surface area contributed by atoms with Gasteiger partial charge in [0.25, 0.3) is 0 Å². The van der Waals surface area contributed by atoms with Crippen LogP contribution in [0.3, 0.4) is 0 Å². The molecule has 1 heterocycles. The first-order valence-electron chi connectivity index (χ1n) is 4.96. The maximum absolute atomic E-state index is 11.8. The molecule has 3 nitrogen and oxygen atoms in total. The second-order valence-electron chi connectivity index (χ2n) is 3.97. The molecule has 0 aromatic rings. The van der Waals surface area contributed by atoms with Crippen molar-refractivity contribution in [2.45, 2.75) is 32.0 Å². The van der Waals surface area contributed by atoms with Crippen LogP contribution in [0.1, 0.15) is 19.8 Å². The SMILES string of the molecule is CC1CCNC(C(=O)NCC(F)(F)F)C1. The molecule has 0 bridgehead atoms. The lowest BCUT2D eigenvalue weighted by molar-refractivity contribution is -0.140. The first kappa shape index (κ1) is 12.3. The number of carbonyl (C=O) groups is 1. The Balaban J connectivity index is 2.33. The molecule has 2 unspecified atom stereocenters. The number of nitrogens with one attached hydrogen (secondary N) is 2. The summed E-state index contributed by atoms with van der Waals surface area (Å²) in [6, 6.07) is -0.476. The summed E-state index contributed by atoms with van der Waals surface area (Å²) in [5.41, 5.74) is 0. The maximum atomic E-state index is 11.8. The van der Waals surface area contributed by atoms with Crippen LogP contribution >= 0.6 is 0 Å². The van der Waals surface area contributed by atoms with Crippen molar-refractivity contribution in [1.82, 2.24) is 10.6 Å². The topological polar surface area (TPSA) is 41.1 Å². The second-order valence-corrected chi connectivity index (χ2v) is 3.97. The van der Waals surface area contributed by atoms with E-state index in [1.807, 2.05) is 12.2 Å². The fraction of sp³-hybridized carbons (Fsp3) is 0.889. The number of piperidine rings is 1. The third-order valence-corrected chi connectivity index (χ3v) is 2.45. The number of halogens is 3. The highest BCUT2D eigenvalue weighted by Gasteiger charge is 2.30. The minimum Gasteiger partial charge on any atom is -0.346 e. The molecule has 1 aliphatic heterocycles. The van der Waals surface area contributed by atoms with E-state index in [-0.39, 0.29) is 0 Å². The summed E-state index contributed by atoms with van der Waals surface area (Å²) >= 11 is 0. The highest BCUT2D eigenvalue weighted by Crippen LogP contribution is 2.16. The van der Waals surface area contributed by atoms with E-state index >= 15 is 0 Å². The molecule has 0 aromatic heterocycles. The molecule has 0 aliphatic carbocycles. The Morgan fingerprint density at radius 2 is 2.20 bits per heavy atom. The van der Waals surface area contributed by atoms with Crippen LogP contribution in [0.5, 0.6) is 0 Å². The summed E-state index contributed by atoms with van der Waals surface area (Å²) in [7, 11) is 0. The summed E-state index contributed by atoms with van der Waals surface area (Å²) < 4.78 is 35.5. The van der Waals surface area contributed by atoms with Gasteiger partial charge in [0.1, 0.15) is 6.54 Å². The minimum absolute atomic E-state index is 0.382. The van der Waals surface area contributed by atoms with Gasteiger partial charge >= 0.3 is 6.18 Å². The standard InChI is InChI=1S/C9H15F3N2O/c1-6-2-3-13-7(4-6)8(15)14-5-9(10,11)12/h6-7,13H,2-5H2,1H3,(H,14,15). The van der Waals surface area contributed by atoms with Crippen molar-refractivity contribution >= 4 is 5.91 Å². The minimum atomic E-state index is -4.34. The van der Waals surface area contributed by atoms with Gasteiger partial charge < -0.3 is 10.6 Å². The van der Waals surface area contributed by atoms with Crippen LogP contribution in [-0.4, -0.2) is 31.2 Å². The summed E-state index contributed by atoms with van der Waals surface area (Å²) in [5, 5.41) is 4.79. The first-order valence-corrected chi connectivity index (χ1v) is 4.96. The van der Waals surface area contributed by atoms with Crippen LogP contribution in [0.2, 0.25) is 0 Å². The monoisotopic (exact) mass is 224 g/mol. The predicted molar refractivity (Wildman–Crippen MR) is 49.3 cm³/mol. The summed E-state index contributed by atoms with van der Waals surface area (Å²) in [4.78, 5) is 11.3. The molecule has 2 N–H and O–H groups in total. The lowest BCUT2D eigenvalue weighted by Gasteiger charge is -2.27. The molecule has 2 atom stereocenters. The van der Waals surface area contributed by atoms with Gasteiger partial charge in [-0.2, -0.15) is 13.2 Å². The van der Waals surface area contributed by atoms with Gasteiger partial charge in [-0.05, 0) is 25.3 Å². The number of hydrogen-bond donors (Lipinski definition) is 2. The Hall–Kier alpha value is -0.780. The number of rotatable bonds is 2. The molecular weight excluding hydrogens is 209 g/mol. The van der Waals surface area contributed by atoms with Gasteiger partial charge in [0.15, 0.2) is 0 Å².